The molecule has 2 rings (SSSR count). The lowest BCUT2D eigenvalue weighted by molar-refractivity contribution is -0.0447. The Morgan fingerprint density at radius 1 is 1.26 bits per heavy atom. The summed E-state index contributed by atoms with van der Waals surface area (Å²) in [6.45, 7) is 6.28. The Bertz CT molecular complexity index is 397. The summed E-state index contributed by atoms with van der Waals surface area (Å²) in [4.78, 5) is 6.29. The van der Waals surface area contributed by atoms with Crippen molar-refractivity contribution in [3.63, 3.8) is 0 Å². The molecule has 1 heterocycles. The molecule has 0 atom stereocenters. The van der Waals surface area contributed by atoms with E-state index in [0.29, 0.717) is 0 Å². The summed E-state index contributed by atoms with van der Waals surface area (Å²) >= 11 is 1.86. The molecule has 1 aromatic rings. The molecule has 1 aliphatic rings. The van der Waals surface area contributed by atoms with Gasteiger partial charge in [-0.15, -0.1) is 11.3 Å². The molecule has 0 aliphatic heterocycles. The van der Waals surface area contributed by atoms with E-state index in [-0.39, 0.29) is 5.60 Å². The number of aryl methyl sites for hydroxylation is 1. The highest BCUT2D eigenvalue weighted by Gasteiger charge is 2.37. The van der Waals surface area contributed by atoms with E-state index in [2.05, 4.69) is 19.2 Å². The molecule has 0 aromatic carbocycles. The minimum absolute atomic E-state index is 0.0999. The maximum Gasteiger partial charge on any atom is 0.125 e. The number of nitrogens with one attached hydrogen (secondary N) is 1. The van der Waals surface area contributed by atoms with E-state index in [4.69, 9.17) is 9.72 Å². The number of hydrogen-bond donors (Lipinski definition) is 1. The van der Waals surface area contributed by atoms with Gasteiger partial charge in [-0.2, -0.15) is 0 Å². The molecule has 1 aromatic heterocycles. The first kappa shape index (κ1) is 14.9. The van der Waals surface area contributed by atoms with E-state index in [9.17, 15) is 0 Å². The third-order valence-corrected chi connectivity index (χ3v) is 5.37. The maximum atomic E-state index is 5.91. The number of aromatic nitrogens is 1. The molecule has 3 nitrogen and oxygen atoms in total. The van der Waals surface area contributed by atoms with Gasteiger partial charge in [0.05, 0.1) is 5.69 Å². The van der Waals surface area contributed by atoms with Crippen LogP contribution in [0.25, 0.3) is 0 Å². The molecule has 1 fully saturated rings. The van der Waals surface area contributed by atoms with Crippen molar-refractivity contribution in [1.82, 2.24) is 10.3 Å². The van der Waals surface area contributed by atoms with Crippen molar-refractivity contribution in [3.8, 4) is 0 Å². The standard InChI is InChI=1S/C15H26N2OS/c1-4-12-13(11-16-5-2)19-14(17-12)15(18-3)9-7-6-8-10-15/h16H,4-11H2,1-3H3. The Labute approximate surface area is 120 Å². The van der Waals surface area contributed by atoms with Crippen molar-refractivity contribution in [2.45, 2.75) is 64.5 Å². The van der Waals surface area contributed by atoms with Crippen molar-refractivity contribution in [2.75, 3.05) is 13.7 Å². The largest absolute Gasteiger partial charge is 0.371 e. The van der Waals surface area contributed by atoms with Crippen LogP contribution in [0.2, 0.25) is 0 Å². The van der Waals surface area contributed by atoms with Gasteiger partial charge in [0.15, 0.2) is 0 Å². The number of methoxy groups -OCH3 is 1. The summed E-state index contributed by atoms with van der Waals surface area (Å²) in [5, 5.41) is 4.62. The minimum Gasteiger partial charge on any atom is -0.371 e. The van der Waals surface area contributed by atoms with Crippen LogP contribution in [0.1, 0.15) is 61.5 Å². The van der Waals surface area contributed by atoms with Gasteiger partial charge in [-0.1, -0.05) is 33.1 Å². The SMILES string of the molecule is CCNCc1sc(C2(OC)CCCCC2)nc1CC. The molecule has 1 N–H and O–H groups in total. The number of hydrogen-bond acceptors (Lipinski definition) is 4. The quantitative estimate of drug-likeness (QED) is 0.865. The summed E-state index contributed by atoms with van der Waals surface area (Å²) in [7, 11) is 1.85. The number of thiazole rings is 1. The number of ether oxygens (including phenoxy) is 1. The smallest absolute Gasteiger partial charge is 0.125 e. The first-order valence-corrected chi connectivity index (χ1v) is 8.32. The molecule has 0 amide bonds. The fourth-order valence-corrected chi connectivity index (χ4v) is 4.20. The molecular formula is C15H26N2OS. The van der Waals surface area contributed by atoms with Gasteiger partial charge >= 0.3 is 0 Å². The Morgan fingerprint density at radius 2 is 2.00 bits per heavy atom. The molecule has 19 heavy (non-hydrogen) atoms. The van der Waals surface area contributed by atoms with E-state index >= 15 is 0 Å². The van der Waals surface area contributed by atoms with E-state index in [1.165, 1.54) is 34.8 Å². The highest BCUT2D eigenvalue weighted by atomic mass is 32.1. The van der Waals surface area contributed by atoms with E-state index in [1.54, 1.807) is 0 Å². The zero-order valence-corrected chi connectivity index (χ0v) is 13.2. The summed E-state index contributed by atoms with van der Waals surface area (Å²) in [6, 6.07) is 0. The van der Waals surface area contributed by atoms with Gasteiger partial charge in [-0.25, -0.2) is 4.98 Å². The van der Waals surface area contributed by atoms with Gasteiger partial charge in [-0.05, 0) is 25.8 Å². The molecule has 0 radical (unpaired) electrons. The molecular weight excluding hydrogens is 256 g/mol. The van der Waals surface area contributed by atoms with Gasteiger partial charge in [0, 0.05) is 18.5 Å². The first-order valence-electron chi connectivity index (χ1n) is 7.50. The third-order valence-electron chi connectivity index (χ3n) is 4.09. The van der Waals surface area contributed by atoms with Crippen molar-refractivity contribution in [1.29, 1.82) is 0 Å². The van der Waals surface area contributed by atoms with Crippen LogP contribution in [0, 0.1) is 0 Å². The Hall–Kier alpha value is -0.450. The van der Waals surface area contributed by atoms with E-state index in [0.717, 1.165) is 32.4 Å². The highest BCUT2D eigenvalue weighted by molar-refractivity contribution is 7.11. The van der Waals surface area contributed by atoms with Gasteiger partial charge < -0.3 is 10.1 Å². The zero-order chi connectivity index (χ0) is 13.7. The van der Waals surface area contributed by atoms with Crippen molar-refractivity contribution < 1.29 is 4.74 Å². The van der Waals surface area contributed by atoms with Crippen LogP contribution in [-0.2, 0) is 23.3 Å². The second-order valence-corrected chi connectivity index (χ2v) is 6.37. The van der Waals surface area contributed by atoms with Crippen molar-refractivity contribution >= 4 is 11.3 Å². The van der Waals surface area contributed by atoms with Crippen LogP contribution in [0.4, 0.5) is 0 Å². The lowest BCUT2D eigenvalue weighted by atomic mass is 9.85. The summed E-state index contributed by atoms with van der Waals surface area (Å²) < 4.78 is 5.91. The van der Waals surface area contributed by atoms with Gasteiger partial charge in [0.25, 0.3) is 0 Å². The molecule has 1 saturated carbocycles. The second kappa shape index (κ2) is 6.82. The van der Waals surface area contributed by atoms with Crippen LogP contribution in [0.3, 0.4) is 0 Å². The van der Waals surface area contributed by atoms with Gasteiger partial charge in [0.2, 0.25) is 0 Å². The normalized spacial score (nSPS) is 18.7. The maximum absolute atomic E-state index is 5.91. The summed E-state index contributed by atoms with van der Waals surface area (Å²) in [5.74, 6) is 0. The van der Waals surface area contributed by atoms with E-state index < -0.39 is 0 Å². The fourth-order valence-electron chi connectivity index (χ4n) is 2.86. The zero-order valence-electron chi connectivity index (χ0n) is 12.4. The summed E-state index contributed by atoms with van der Waals surface area (Å²) in [6.07, 6.45) is 7.12. The summed E-state index contributed by atoms with van der Waals surface area (Å²) in [5.41, 5.74) is 1.15. The van der Waals surface area contributed by atoms with Gasteiger partial charge in [0.1, 0.15) is 10.6 Å². The number of nitrogens with zero attached hydrogens (tertiary/aromatic N) is 1. The second-order valence-electron chi connectivity index (χ2n) is 5.28. The third kappa shape index (κ3) is 3.18. The van der Waals surface area contributed by atoms with Crippen LogP contribution in [-0.4, -0.2) is 18.6 Å². The Balaban J connectivity index is 2.25. The average Bonchev–Trinajstić information content (AvgIpc) is 2.89. The predicted molar refractivity (Wildman–Crippen MR) is 80.6 cm³/mol. The monoisotopic (exact) mass is 282 g/mol. The fraction of sp³-hybridized carbons (Fsp3) is 0.800. The lowest BCUT2D eigenvalue weighted by Crippen LogP contribution is -2.30. The van der Waals surface area contributed by atoms with Crippen molar-refractivity contribution in [2.24, 2.45) is 0 Å². The predicted octanol–water partition coefficient (Wildman–Crippen LogP) is 3.62. The van der Waals surface area contributed by atoms with Gasteiger partial charge in [-0.3, -0.25) is 0 Å². The van der Waals surface area contributed by atoms with Crippen LogP contribution in [0.15, 0.2) is 0 Å². The lowest BCUT2D eigenvalue weighted by Gasteiger charge is -2.34. The molecule has 108 valence electrons. The highest BCUT2D eigenvalue weighted by Crippen LogP contribution is 2.42. The van der Waals surface area contributed by atoms with Crippen LogP contribution < -0.4 is 5.32 Å². The Morgan fingerprint density at radius 3 is 2.58 bits per heavy atom. The molecule has 0 unspecified atom stereocenters. The van der Waals surface area contributed by atoms with Crippen LogP contribution in [0.5, 0.6) is 0 Å². The number of rotatable bonds is 6. The van der Waals surface area contributed by atoms with Crippen LogP contribution >= 0.6 is 11.3 Å². The molecule has 1 aliphatic carbocycles. The average molecular weight is 282 g/mol. The minimum atomic E-state index is -0.0999. The first-order chi connectivity index (χ1) is 9.25. The molecule has 4 heteroatoms. The topological polar surface area (TPSA) is 34.1 Å². The van der Waals surface area contributed by atoms with E-state index in [1.807, 2.05) is 18.4 Å². The molecule has 0 saturated heterocycles. The molecule has 0 spiro atoms. The van der Waals surface area contributed by atoms with Crippen molar-refractivity contribution in [3.05, 3.63) is 15.6 Å². The Kier molecular flexibility index (Phi) is 5.37. The molecule has 0 bridgehead atoms.